The molecular formula is C20H22Cl2N2O2. The molecule has 0 spiro atoms. The number of hydrogen-bond donors (Lipinski definition) is 1. The first kappa shape index (κ1) is 20.3. The maximum absolute atomic E-state index is 13.0. The van der Waals surface area contributed by atoms with E-state index in [9.17, 15) is 9.59 Å². The number of hydrogen-bond acceptors (Lipinski definition) is 2. The standard InChI is InChI=1S/C20H22Cl2N2O2/c1-13-7-4-5-8-15(13)12-24(14(2)20(26)23-3)19(25)11-16-17(21)9-6-10-18(16)22/h4-10,14H,11-12H2,1-3H3,(H,23,26)/t14-/m1/s1. The van der Waals surface area contributed by atoms with Crippen LogP contribution in [0.5, 0.6) is 0 Å². The van der Waals surface area contributed by atoms with Gasteiger partial charge in [-0.3, -0.25) is 9.59 Å². The van der Waals surface area contributed by atoms with Crippen LogP contribution in [-0.2, 0) is 22.6 Å². The van der Waals surface area contributed by atoms with Gasteiger partial charge in [-0.05, 0) is 42.7 Å². The van der Waals surface area contributed by atoms with Crippen LogP contribution in [-0.4, -0.2) is 29.8 Å². The highest BCUT2D eigenvalue weighted by Gasteiger charge is 2.26. The third-order valence-corrected chi connectivity index (χ3v) is 5.11. The molecule has 138 valence electrons. The molecule has 0 radical (unpaired) electrons. The van der Waals surface area contributed by atoms with E-state index in [2.05, 4.69) is 5.32 Å². The third-order valence-electron chi connectivity index (χ3n) is 4.41. The van der Waals surface area contributed by atoms with Crippen LogP contribution >= 0.6 is 23.2 Å². The number of likely N-dealkylation sites (N-methyl/N-ethyl adjacent to an activating group) is 1. The first-order valence-corrected chi connectivity index (χ1v) is 9.09. The Hall–Kier alpha value is -2.04. The predicted octanol–water partition coefficient (Wildman–Crippen LogP) is 4.01. The molecule has 1 N–H and O–H groups in total. The van der Waals surface area contributed by atoms with Crippen molar-refractivity contribution in [2.45, 2.75) is 32.9 Å². The van der Waals surface area contributed by atoms with Crippen molar-refractivity contribution in [1.29, 1.82) is 0 Å². The summed E-state index contributed by atoms with van der Waals surface area (Å²) >= 11 is 12.4. The van der Waals surface area contributed by atoms with Gasteiger partial charge in [-0.1, -0.05) is 53.5 Å². The molecular weight excluding hydrogens is 371 g/mol. The molecule has 26 heavy (non-hydrogen) atoms. The van der Waals surface area contributed by atoms with Gasteiger partial charge in [-0.15, -0.1) is 0 Å². The van der Waals surface area contributed by atoms with Crippen molar-refractivity contribution in [3.05, 3.63) is 69.2 Å². The molecule has 6 heteroatoms. The summed E-state index contributed by atoms with van der Waals surface area (Å²) in [6.45, 7) is 4.03. The summed E-state index contributed by atoms with van der Waals surface area (Å²) in [5.74, 6) is -0.434. The molecule has 0 aliphatic rings. The van der Waals surface area contributed by atoms with Gasteiger partial charge in [0.15, 0.2) is 0 Å². The van der Waals surface area contributed by atoms with E-state index in [0.29, 0.717) is 22.2 Å². The number of halogens is 2. The molecule has 0 bridgehead atoms. The molecule has 2 aromatic carbocycles. The first-order chi connectivity index (χ1) is 12.3. The maximum atomic E-state index is 13.0. The minimum Gasteiger partial charge on any atom is -0.357 e. The molecule has 2 aromatic rings. The van der Waals surface area contributed by atoms with E-state index in [0.717, 1.165) is 11.1 Å². The summed E-state index contributed by atoms with van der Waals surface area (Å²) in [6, 6.07) is 12.3. The van der Waals surface area contributed by atoms with E-state index in [4.69, 9.17) is 23.2 Å². The summed E-state index contributed by atoms with van der Waals surface area (Å²) < 4.78 is 0. The average molecular weight is 393 g/mol. The number of carbonyl (C=O) groups is 2. The SMILES string of the molecule is CNC(=O)[C@@H](C)N(Cc1ccccc1C)C(=O)Cc1c(Cl)cccc1Cl. The van der Waals surface area contributed by atoms with Gasteiger partial charge in [0.1, 0.15) is 6.04 Å². The Morgan fingerprint density at radius 2 is 1.69 bits per heavy atom. The summed E-state index contributed by atoms with van der Waals surface area (Å²) in [5.41, 5.74) is 2.62. The molecule has 2 amide bonds. The zero-order chi connectivity index (χ0) is 19.3. The Morgan fingerprint density at radius 1 is 1.08 bits per heavy atom. The molecule has 0 aliphatic heterocycles. The van der Waals surface area contributed by atoms with E-state index >= 15 is 0 Å². The van der Waals surface area contributed by atoms with Gasteiger partial charge in [0.25, 0.3) is 0 Å². The van der Waals surface area contributed by atoms with Crippen LogP contribution in [0.4, 0.5) is 0 Å². The Balaban J connectivity index is 2.32. The predicted molar refractivity (Wildman–Crippen MR) is 105 cm³/mol. The molecule has 2 rings (SSSR count). The first-order valence-electron chi connectivity index (χ1n) is 8.33. The second-order valence-electron chi connectivity index (χ2n) is 6.12. The van der Waals surface area contributed by atoms with Crippen LogP contribution in [0.1, 0.15) is 23.6 Å². The number of carbonyl (C=O) groups excluding carboxylic acids is 2. The van der Waals surface area contributed by atoms with Crippen molar-refractivity contribution in [3.63, 3.8) is 0 Å². The molecule has 0 aromatic heterocycles. The van der Waals surface area contributed by atoms with Crippen LogP contribution in [0.25, 0.3) is 0 Å². The summed E-state index contributed by atoms with van der Waals surface area (Å²) in [4.78, 5) is 26.7. The number of benzene rings is 2. The van der Waals surface area contributed by atoms with E-state index in [1.807, 2.05) is 31.2 Å². The second-order valence-corrected chi connectivity index (χ2v) is 6.93. The lowest BCUT2D eigenvalue weighted by molar-refractivity contribution is -0.139. The van der Waals surface area contributed by atoms with Crippen molar-refractivity contribution in [2.75, 3.05) is 7.05 Å². The zero-order valence-electron chi connectivity index (χ0n) is 15.1. The van der Waals surface area contributed by atoms with E-state index in [1.165, 1.54) is 0 Å². The summed E-state index contributed by atoms with van der Waals surface area (Å²) in [5, 5.41) is 3.48. The van der Waals surface area contributed by atoms with Gasteiger partial charge in [-0.25, -0.2) is 0 Å². The van der Waals surface area contributed by atoms with E-state index < -0.39 is 6.04 Å². The largest absolute Gasteiger partial charge is 0.357 e. The highest BCUT2D eigenvalue weighted by Crippen LogP contribution is 2.26. The molecule has 0 unspecified atom stereocenters. The molecule has 0 saturated heterocycles. The van der Waals surface area contributed by atoms with Gasteiger partial charge in [-0.2, -0.15) is 0 Å². The van der Waals surface area contributed by atoms with Crippen LogP contribution in [0.3, 0.4) is 0 Å². The fraction of sp³-hybridized carbons (Fsp3) is 0.300. The zero-order valence-corrected chi connectivity index (χ0v) is 16.6. The lowest BCUT2D eigenvalue weighted by Crippen LogP contribution is -2.47. The van der Waals surface area contributed by atoms with Gasteiger partial charge in [0, 0.05) is 23.6 Å². The van der Waals surface area contributed by atoms with Gasteiger partial charge in [0.05, 0.1) is 6.42 Å². The minimum atomic E-state index is -0.617. The van der Waals surface area contributed by atoms with E-state index in [1.54, 1.807) is 37.1 Å². The average Bonchev–Trinajstić information content (AvgIpc) is 2.62. The Morgan fingerprint density at radius 3 is 2.27 bits per heavy atom. The van der Waals surface area contributed by atoms with Gasteiger partial charge in [0.2, 0.25) is 11.8 Å². The van der Waals surface area contributed by atoms with E-state index in [-0.39, 0.29) is 18.2 Å². The molecule has 0 aliphatic carbocycles. The van der Waals surface area contributed by atoms with Crippen molar-refractivity contribution >= 4 is 35.0 Å². The van der Waals surface area contributed by atoms with Crippen molar-refractivity contribution < 1.29 is 9.59 Å². The molecule has 0 fully saturated rings. The monoisotopic (exact) mass is 392 g/mol. The topological polar surface area (TPSA) is 49.4 Å². The highest BCUT2D eigenvalue weighted by atomic mass is 35.5. The quantitative estimate of drug-likeness (QED) is 0.806. The summed E-state index contributed by atoms with van der Waals surface area (Å²) in [7, 11) is 1.56. The Bertz CT molecular complexity index is 788. The fourth-order valence-corrected chi connectivity index (χ4v) is 3.25. The second kappa shape index (κ2) is 9.06. The van der Waals surface area contributed by atoms with Crippen LogP contribution in [0.2, 0.25) is 10.0 Å². The Kier molecular flexibility index (Phi) is 7.06. The lowest BCUT2D eigenvalue weighted by Gasteiger charge is -2.29. The fourth-order valence-electron chi connectivity index (χ4n) is 2.72. The van der Waals surface area contributed by atoms with Crippen molar-refractivity contribution in [1.82, 2.24) is 10.2 Å². The van der Waals surface area contributed by atoms with Crippen LogP contribution < -0.4 is 5.32 Å². The van der Waals surface area contributed by atoms with Crippen LogP contribution in [0, 0.1) is 6.92 Å². The minimum absolute atomic E-state index is 0.0335. The Labute approximate surface area is 164 Å². The number of nitrogens with zero attached hydrogens (tertiary/aromatic N) is 1. The maximum Gasteiger partial charge on any atom is 0.242 e. The van der Waals surface area contributed by atoms with Crippen molar-refractivity contribution in [3.8, 4) is 0 Å². The molecule has 4 nitrogen and oxygen atoms in total. The smallest absolute Gasteiger partial charge is 0.242 e. The highest BCUT2D eigenvalue weighted by molar-refractivity contribution is 6.36. The molecule has 1 atom stereocenters. The molecule has 0 heterocycles. The normalized spacial score (nSPS) is 11.7. The van der Waals surface area contributed by atoms with Gasteiger partial charge < -0.3 is 10.2 Å². The number of aryl methyl sites for hydroxylation is 1. The lowest BCUT2D eigenvalue weighted by atomic mass is 10.1. The third kappa shape index (κ3) is 4.77. The number of rotatable bonds is 6. The number of amides is 2. The summed E-state index contributed by atoms with van der Waals surface area (Å²) in [6.07, 6.45) is 0.0335. The van der Waals surface area contributed by atoms with Crippen LogP contribution in [0.15, 0.2) is 42.5 Å². The van der Waals surface area contributed by atoms with Crippen molar-refractivity contribution in [2.24, 2.45) is 0 Å². The van der Waals surface area contributed by atoms with Gasteiger partial charge >= 0.3 is 0 Å². The molecule has 0 saturated carbocycles. The number of nitrogens with one attached hydrogen (secondary N) is 1.